The van der Waals surface area contributed by atoms with E-state index in [1.807, 2.05) is 0 Å². The minimum absolute atomic E-state index is 0.636. The van der Waals surface area contributed by atoms with Gasteiger partial charge in [-0.3, -0.25) is 4.57 Å². The quantitative estimate of drug-likeness (QED) is 0.698. The molecule has 3 heteroatoms. The number of nitrogens with zero attached hydrogens (tertiary/aromatic N) is 2. The molecule has 4 rings (SSSR count). The summed E-state index contributed by atoms with van der Waals surface area (Å²) in [6.45, 7) is 0.828. The van der Waals surface area contributed by atoms with Gasteiger partial charge < -0.3 is 5.32 Å². The third kappa shape index (κ3) is 3.22. The molecule has 1 fully saturated rings. The number of nitrogens with one attached hydrogen (secondary N) is 1. The van der Waals surface area contributed by atoms with Gasteiger partial charge in [0.1, 0.15) is 5.82 Å². The van der Waals surface area contributed by atoms with Gasteiger partial charge in [-0.05, 0) is 37.1 Å². The van der Waals surface area contributed by atoms with Crippen LogP contribution in [0.1, 0.15) is 44.3 Å². The summed E-state index contributed by atoms with van der Waals surface area (Å²) in [5.41, 5.74) is 3.43. The van der Waals surface area contributed by atoms with Gasteiger partial charge in [-0.25, -0.2) is 4.98 Å². The maximum atomic E-state index is 4.90. The molecule has 0 atom stereocenters. The molecule has 0 amide bonds. The highest BCUT2D eigenvalue weighted by Gasteiger charge is 2.15. The molecule has 1 aliphatic carbocycles. The van der Waals surface area contributed by atoms with Gasteiger partial charge in [-0.1, -0.05) is 56.0 Å². The Balaban J connectivity index is 1.64. The minimum Gasteiger partial charge on any atom is -0.307 e. The Labute approximate surface area is 143 Å². The Morgan fingerprint density at radius 2 is 1.58 bits per heavy atom. The van der Waals surface area contributed by atoms with Crippen molar-refractivity contribution < 1.29 is 0 Å². The monoisotopic (exact) mass is 319 g/mol. The molecule has 124 valence electrons. The van der Waals surface area contributed by atoms with Gasteiger partial charge in [-0.2, -0.15) is 0 Å². The van der Waals surface area contributed by atoms with Gasteiger partial charge in [0.15, 0.2) is 0 Å². The summed E-state index contributed by atoms with van der Waals surface area (Å²) in [5, 5.41) is 3.77. The third-order valence-corrected chi connectivity index (χ3v) is 5.05. The van der Waals surface area contributed by atoms with Crippen LogP contribution in [0.25, 0.3) is 16.7 Å². The van der Waals surface area contributed by atoms with E-state index in [0.29, 0.717) is 6.04 Å². The second-order valence-corrected chi connectivity index (χ2v) is 6.76. The molecular weight excluding hydrogens is 294 g/mol. The van der Waals surface area contributed by atoms with Crippen molar-refractivity contribution in [1.82, 2.24) is 14.9 Å². The zero-order valence-corrected chi connectivity index (χ0v) is 14.1. The number of fused-ring (bicyclic) bond motifs is 1. The summed E-state index contributed by atoms with van der Waals surface area (Å²) in [6.07, 6.45) is 8.08. The predicted octanol–water partition coefficient (Wildman–Crippen LogP) is 4.84. The zero-order chi connectivity index (χ0) is 16.2. The van der Waals surface area contributed by atoms with Gasteiger partial charge in [0, 0.05) is 11.7 Å². The smallest absolute Gasteiger partial charge is 0.128 e. The molecule has 1 saturated carbocycles. The van der Waals surface area contributed by atoms with Crippen LogP contribution in [0.2, 0.25) is 0 Å². The molecule has 0 saturated heterocycles. The normalized spacial score (nSPS) is 16.3. The standard InChI is InChI=1S/C21H25N3/c1-2-5-11-17(10-4-1)22-16-21-23-19-14-8-9-15-20(19)24(21)18-12-6-3-7-13-18/h3,6-9,12-15,17,22H,1-2,4-5,10-11,16H2. The van der Waals surface area contributed by atoms with E-state index in [2.05, 4.69) is 64.5 Å². The summed E-state index contributed by atoms with van der Waals surface area (Å²) >= 11 is 0. The van der Waals surface area contributed by atoms with Crippen molar-refractivity contribution in [1.29, 1.82) is 0 Å². The van der Waals surface area contributed by atoms with Crippen LogP contribution in [0.5, 0.6) is 0 Å². The molecule has 0 bridgehead atoms. The van der Waals surface area contributed by atoms with Crippen molar-refractivity contribution in [2.45, 2.75) is 51.1 Å². The highest BCUT2D eigenvalue weighted by atomic mass is 15.1. The Hall–Kier alpha value is -2.13. The molecule has 3 nitrogen and oxygen atoms in total. The molecule has 0 unspecified atom stereocenters. The molecule has 3 aromatic rings. The lowest BCUT2D eigenvalue weighted by molar-refractivity contribution is 0.451. The van der Waals surface area contributed by atoms with Crippen molar-refractivity contribution in [2.24, 2.45) is 0 Å². The van der Waals surface area contributed by atoms with E-state index in [-0.39, 0.29) is 0 Å². The number of hydrogen-bond donors (Lipinski definition) is 1. The van der Waals surface area contributed by atoms with E-state index in [9.17, 15) is 0 Å². The molecule has 1 heterocycles. The third-order valence-electron chi connectivity index (χ3n) is 5.05. The number of para-hydroxylation sites is 3. The van der Waals surface area contributed by atoms with E-state index in [1.165, 1.54) is 49.7 Å². The van der Waals surface area contributed by atoms with Crippen molar-refractivity contribution in [3.05, 3.63) is 60.4 Å². The average Bonchev–Trinajstić information content (AvgIpc) is 2.80. The SMILES string of the molecule is c1ccc(-n2c(CNC3CCCCCC3)nc3ccccc32)cc1. The maximum absolute atomic E-state index is 4.90. The fourth-order valence-corrected chi connectivity index (χ4v) is 3.78. The first-order chi connectivity index (χ1) is 11.9. The molecule has 0 radical (unpaired) electrons. The van der Waals surface area contributed by atoms with Gasteiger partial charge in [0.05, 0.1) is 17.6 Å². The van der Waals surface area contributed by atoms with Gasteiger partial charge in [0.2, 0.25) is 0 Å². The van der Waals surface area contributed by atoms with Crippen LogP contribution in [0, 0.1) is 0 Å². The van der Waals surface area contributed by atoms with Gasteiger partial charge >= 0.3 is 0 Å². The summed E-state index contributed by atoms with van der Waals surface area (Å²) in [7, 11) is 0. The van der Waals surface area contributed by atoms with Crippen molar-refractivity contribution >= 4 is 11.0 Å². The Morgan fingerprint density at radius 3 is 2.38 bits per heavy atom. The number of benzene rings is 2. The molecular formula is C21H25N3. The van der Waals surface area contributed by atoms with Crippen LogP contribution in [-0.2, 0) is 6.54 Å². The largest absolute Gasteiger partial charge is 0.307 e. The molecule has 1 aliphatic rings. The lowest BCUT2D eigenvalue weighted by Gasteiger charge is -2.17. The lowest BCUT2D eigenvalue weighted by atomic mass is 10.1. The minimum atomic E-state index is 0.636. The number of rotatable bonds is 4. The summed E-state index contributed by atoms with van der Waals surface area (Å²) in [5.74, 6) is 1.10. The molecule has 0 spiro atoms. The Kier molecular flexibility index (Phi) is 4.61. The van der Waals surface area contributed by atoms with Crippen LogP contribution in [0.4, 0.5) is 0 Å². The second-order valence-electron chi connectivity index (χ2n) is 6.76. The van der Waals surface area contributed by atoms with Crippen molar-refractivity contribution in [2.75, 3.05) is 0 Å². The average molecular weight is 319 g/mol. The number of aromatic nitrogens is 2. The first-order valence-corrected chi connectivity index (χ1v) is 9.17. The van der Waals surface area contributed by atoms with Gasteiger partial charge in [-0.15, -0.1) is 0 Å². The predicted molar refractivity (Wildman–Crippen MR) is 99.4 cm³/mol. The zero-order valence-electron chi connectivity index (χ0n) is 14.1. The van der Waals surface area contributed by atoms with Crippen LogP contribution in [0.3, 0.4) is 0 Å². The topological polar surface area (TPSA) is 29.9 Å². The van der Waals surface area contributed by atoms with E-state index in [4.69, 9.17) is 4.98 Å². The highest BCUT2D eigenvalue weighted by Crippen LogP contribution is 2.22. The Bertz CT molecular complexity index is 783. The molecule has 2 aromatic carbocycles. The first-order valence-electron chi connectivity index (χ1n) is 9.17. The van der Waals surface area contributed by atoms with Crippen LogP contribution < -0.4 is 5.32 Å². The molecule has 1 aromatic heterocycles. The summed E-state index contributed by atoms with van der Waals surface area (Å²) in [4.78, 5) is 4.90. The van der Waals surface area contributed by atoms with E-state index >= 15 is 0 Å². The molecule has 24 heavy (non-hydrogen) atoms. The number of hydrogen-bond acceptors (Lipinski definition) is 2. The fraction of sp³-hybridized carbons (Fsp3) is 0.381. The molecule has 1 N–H and O–H groups in total. The van der Waals surface area contributed by atoms with E-state index < -0.39 is 0 Å². The molecule has 0 aliphatic heterocycles. The second kappa shape index (κ2) is 7.18. The van der Waals surface area contributed by atoms with Crippen LogP contribution >= 0.6 is 0 Å². The summed E-state index contributed by atoms with van der Waals surface area (Å²) < 4.78 is 2.29. The fourth-order valence-electron chi connectivity index (χ4n) is 3.78. The first kappa shape index (κ1) is 15.4. The Morgan fingerprint density at radius 1 is 0.875 bits per heavy atom. The van der Waals surface area contributed by atoms with E-state index in [1.54, 1.807) is 0 Å². The van der Waals surface area contributed by atoms with Crippen molar-refractivity contribution in [3.63, 3.8) is 0 Å². The van der Waals surface area contributed by atoms with Crippen molar-refractivity contribution in [3.8, 4) is 5.69 Å². The highest BCUT2D eigenvalue weighted by molar-refractivity contribution is 5.78. The van der Waals surface area contributed by atoms with Gasteiger partial charge in [0.25, 0.3) is 0 Å². The van der Waals surface area contributed by atoms with Crippen LogP contribution in [0.15, 0.2) is 54.6 Å². The number of imidazole rings is 1. The van der Waals surface area contributed by atoms with E-state index in [0.717, 1.165) is 17.9 Å². The maximum Gasteiger partial charge on any atom is 0.128 e. The lowest BCUT2D eigenvalue weighted by Crippen LogP contribution is -2.29. The van der Waals surface area contributed by atoms with Crippen LogP contribution in [-0.4, -0.2) is 15.6 Å². The summed E-state index contributed by atoms with van der Waals surface area (Å²) in [6, 6.07) is 19.6.